The molecule has 0 heterocycles. The van der Waals surface area contributed by atoms with E-state index < -0.39 is 10.0 Å². The van der Waals surface area contributed by atoms with Crippen LogP contribution in [0.1, 0.15) is 47.3 Å². The van der Waals surface area contributed by atoms with E-state index in [-0.39, 0.29) is 18.5 Å². The normalized spacial score (nSPS) is 12.5. The van der Waals surface area contributed by atoms with Crippen LogP contribution in [-0.2, 0) is 16.6 Å². The van der Waals surface area contributed by atoms with Gasteiger partial charge in [0.1, 0.15) is 0 Å². The van der Waals surface area contributed by atoms with Crippen LogP contribution in [0.25, 0.3) is 0 Å². The molecule has 6 heteroatoms. The Morgan fingerprint density at radius 1 is 1.11 bits per heavy atom. The maximum atomic E-state index is 12.4. The zero-order chi connectivity index (χ0) is 20.2. The van der Waals surface area contributed by atoms with E-state index in [2.05, 4.69) is 5.32 Å². The molecule has 5 nitrogen and oxygen atoms in total. The van der Waals surface area contributed by atoms with Gasteiger partial charge in [-0.25, -0.2) is 8.42 Å². The molecule has 1 amide bonds. The predicted octanol–water partition coefficient (Wildman–Crippen LogP) is 3.80. The molecule has 0 saturated carbocycles. The Hall–Kier alpha value is -2.34. The zero-order valence-electron chi connectivity index (χ0n) is 16.6. The number of hydrogen-bond donors (Lipinski definition) is 1. The van der Waals surface area contributed by atoms with Crippen LogP contribution in [-0.4, -0.2) is 26.6 Å². The van der Waals surface area contributed by atoms with Crippen molar-refractivity contribution in [1.29, 1.82) is 0 Å². The number of rotatable bonds is 7. The number of hydrogen-bond acceptors (Lipinski definition) is 3. The molecular formula is C21H28N2O3S. The Balaban J connectivity index is 2.26. The average Bonchev–Trinajstić information content (AvgIpc) is 2.61. The van der Waals surface area contributed by atoms with Crippen molar-refractivity contribution in [2.75, 3.05) is 10.6 Å². The lowest BCUT2D eigenvalue weighted by Crippen LogP contribution is -2.32. The molecule has 0 fully saturated rings. The average molecular weight is 389 g/mol. The van der Waals surface area contributed by atoms with Crippen molar-refractivity contribution in [2.45, 2.75) is 46.7 Å². The van der Waals surface area contributed by atoms with E-state index in [1.165, 1.54) is 10.6 Å². The highest BCUT2D eigenvalue weighted by Gasteiger charge is 2.20. The van der Waals surface area contributed by atoms with Crippen LogP contribution < -0.4 is 9.62 Å². The summed E-state index contributed by atoms with van der Waals surface area (Å²) in [7, 11) is -3.45. The molecule has 2 aromatic carbocycles. The number of carbonyl (C=O) groups is 1. The second kappa shape index (κ2) is 8.57. The van der Waals surface area contributed by atoms with Gasteiger partial charge in [-0.05, 0) is 62.1 Å². The summed E-state index contributed by atoms with van der Waals surface area (Å²) >= 11 is 0. The number of anilines is 1. The standard InChI is InChI=1S/C21H28N2O3S/c1-6-17(4)22-21(24)19-11-9-18(10-12-19)14-23(27(5,25)26)20-13-15(2)7-8-16(20)3/h7-13,17H,6,14H2,1-5H3,(H,22,24)/t17-/m0/s1. The van der Waals surface area contributed by atoms with Crippen LogP contribution in [0.3, 0.4) is 0 Å². The number of carbonyl (C=O) groups excluding carboxylic acids is 1. The number of amides is 1. The molecule has 0 aliphatic carbocycles. The Labute approximate surface area is 162 Å². The summed E-state index contributed by atoms with van der Waals surface area (Å²) in [5, 5.41) is 2.92. The molecule has 0 unspecified atom stereocenters. The number of aryl methyl sites for hydroxylation is 2. The van der Waals surface area contributed by atoms with Crippen molar-refractivity contribution < 1.29 is 13.2 Å². The van der Waals surface area contributed by atoms with Gasteiger partial charge in [-0.3, -0.25) is 9.10 Å². The summed E-state index contributed by atoms with van der Waals surface area (Å²) in [6, 6.07) is 12.9. The Morgan fingerprint density at radius 2 is 1.74 bits per heavy atom. The fraction of sp³-hybridized carbons (Fsp3) is 0.381. The molecule has 0 aliphatic rings. The van der Waals surface area contributed by atoms with E-state index in [0.717, 1.165) is 23.1 Å². The largest absolute Gasteiger partial charge is 0.350 e. The first kappa shape index (κ1) is 21.0. The maximum absolute atomic E-state index is 12.4. The molecule has 1 N–H and O–H groups in total. The first-order chi connectivity index (χ1) is 12.6. The molecule has 0 aliphatic heterocycles. The van der Waals surface area contributed by atoms with Gasteiger partial charge in [0, 0.05) is 11.6 Å². The molecule has 146 valence electrons. The van der Waals surface area contributed by atoms with E-state index in [1.54, 1.807) is 24.3 Å². The minimum atomic E-state index is -3.45. The van der Waals surface area contributed by atoms with Crippen molar-refractivity contribution in [3.8, 4) is 0 Å². The molecule has 2 rings (SSSR count). The Bertz CT molecular complexity index is 906. The van der Waals surface area contributed by atoms with Crippen molar-refractivity contribution in [3.63, 3.8) is 0 Å². The van der Waals surface area contributed by atoms with E-state index in [1.807, 2.05) is 45.9 Å². The van der Waals surface area contributed by atoms with Crippen molar-refractivity contribution in [2.24, 2.45) is 0 Å². The van der Waals surface area contributed by atoms with E-state index in [0.29, 0.717) is 11.3 Å². The van der Waals surface area contributed by atoms with Gasteiger partial charge in [0.15, 0.2) is 0 Å². The third-order valence-electron chi connectivity index (χ3n) is 4.57. The second-order valence-electron chi connectivity index (χ2n) is 7.04. The van der Waals surface area contributed by atoms with Crippen LogP contribution in [0, 0.1) is 13.8 Å². The zero-order valence-corrected chi connectivity index (χ0v) is 17.4. The summed E-state index contributed by atoms with van der Waals surface area (Å²) < 4.78 is 26.2. The van der Waals surface area contributed by atoms with E-state index >= 15 is 0 Å². The minimum absolute atomic E-state index is 0.113. The maximum Gasteiger partial charge on any atom is 0.251 e. The van der Waals surface area contributed by atoms with Crippen molar-refractivity contribution in [3.05, 3.63) is 64.7 Å². The van der Waals surface area contributed by atoms with Gasteiger partial charge in [0.05, 0.1) is 18.5 Å². The topological polar surface area (TPSA) is 66.5 Å². The lowest BCUT2D eigenvalue weighted by Gasteiger charge is -2.25. The second-order valence-corrected chi connectivity index (χ2v) is 8.95. The number of nitrogens with one attached hydrogen (secondary N) is 1. The summed E-state index contributed by atoms with van der Waals surface area (Å²) in [6.45, 7) is 8.03. The van der Waals surface area contributed by atoms with Crippen molar-refractivity contribution >= 4 is 21.6 Å². The van der Waals surface area contributed by atoms with Crippen LogP contribution >= 0.6 is 0 Å². The highest BCUT2D eigenvalue weighted by atomic mass is 32.2. The number of benzene rings is 2. The van der Waals surface area contributed by atoms with Gasteiger partial charge >= 0.3 is 0 Å². The first-order valence-electron chi connectivity index (χ1n) is 9.06. The summed E-state index contributed by atoms with van der Waals surface area (Å²) in [5.41, 5.74) is 3.96. The fourth-order valence-electron chi connectivity index (χ4n) is 2.71. The molecule has 0 spiro atoms. The van der Waals surface area contributed by atoms with Crippen LogP contribution in [0.5, 0.6) is 0 Å². The molecule has 1 atom stereocenters. The van der Waals surface area contributed by atoms with Gasteiger partial charge in [-0.2, -0.15) is 0 Å². The Kier molecular flexibility index (Phi) is 6.65. The molecule has 2 aromatic rings. The van der Waals surface area contributed by atoms with Gasteiger partial charge in [-0.15, -0.1) is 0 Å². The molecule has 0 bridgehead atoms. The smallest absolute Gasteiger partial charge is 0.251 e. The van der Waals surface area contributed by atoms with Crippen LogP contribution in [0.4, 0.5) is 5.69 Å². The number of sulfonamides is 1. The molecule has 0 aromatic heterocycles. The third-order valence-corrected chi connectivity index (χ3v) is 5.69. The summed E-state index contributed by atoms with van der Waals surface area (Å²) in [5.74, 6) is -0.120. The van der Waals surface area contributed by atoms with Gasteiger partial charge in [-0.1, -0.05) is 31.2 Å². The molecule has 27 heavy (non-hydrogen) atoms. The van der Waals surface area contributed by atoms with Gasteiger partial charge < -0.3 is 5.32 Å². The lowest BCUT2D eigenvalue weighted by molar-refractivity contribution is 0.0939. The van der Waals surface area contributed by atoms with Crippen LogP contribution in [0.15, 0.2) is 42.5 Å². The molecule has 0 saturated heterocycles. The molecule has 0 radical (unpaired) electrons. The molecular weight excluding hydrogens is 360 g/mol. The minimum Gasteiger partial charge on any atom is -0.350 e. The monoisotopic (exact) mass is 388 g/mol. The van der Waals surface area contributed by atoms with Crippen molar-refractivity contribution in [1.82, 2.24) is 5.32 Å². The lowest BCUT2D eigenvalue weighted by atomic mass is 10.1. The van der Waals surface area contributed by atoms with Gasteiger partial charge in [0.25, 0.3) is 5.91 Å². The van der Waals surface area contributed by atoms with E-state index in [4.69, 9.17) is 0 Å². The summed E-state index contributed by atoms with van der Waals surface area (Å²) in [6.07, 6.45) is 2.08. The van der Waals surface area contributed by atoms with Gasteiger partial charge in [0.2, 0.25) is 10.0 Å². The number of nitrogens with zero attached hydrogens (tertiary/aromatic N) is 1. The SMILES string of the molecule is CC[C@H](C)NC(=O)c1ccc(CN(c2cc(C)ccc2C)S(C)(=O)=O)cc1. The predicted molar refractivity (Wildman–Crippen MR) is 111 cm³/mol. The first-order valence-corrected chi connectivity index (χ1v) is 10.9. The summed E-state index contributed by atoms with van der Waals surface area (Å²) in [4.78, 5) is 12.2. The quantitative estimate of drug-likeness (QED) is 0.785. The highest BCUT2D eigenvalue weighted by molar-refractivity contribution is 7.92. The highest BCUT2D eigenvalue weighted by Crippen LogP contribution is 2.26. The fourth-order valence-corrected chi connectivity index (χ4v) is 3.64. The van der Waals surface area contributed by atoms with E-state index in [9.17, 15) is 13.2 Å². The Morgan fingerprint density at radius 3 is 2.30 bits per heavy atom. The third kappa shape index (κ3) is 5.57. The van der Waals surface area contributed by atoms with Crippen LogP contribution in [0.2, 0.25) is 0 Å².